The average Bonchev–Trinajstić information content (AvgIpc) is 2.36. The zero-order chi connectivity index (χ0) is 14.9. The molecule has 0 atom stereocenters. The quantitative estimate of drug-likeness (QED) is 0.584. The normalized spacial score (nSPS) is 10.3. The molecule has 0 heterocycles. The summed E-state index contributed by atoms with van der Waals surface area (Å²) in [6.07, 6.45) is 0. The molecule has 20 heavy (non-hydrogen) atoms. The van der Waals surface area contributed by atoms with E-state index >= 15 is 0 Å². The van der Waals surface area contributed by atoms with E-state index in [2.05, 4.69) is 5.32 Å². The van der Waals surface area contributed by atoms with Crippen molar-refractivity contribution in [3.05, 3.63) is 51.8 Å². The van der Waals surface area contributed by atoms with E-state index < -0.39 is 11.7 Å². The van der Waals surface area contributed by atoms with E-state index in [1.54, 1.807) is 0 Å². The first-order valence-corrected chi connectivity index (χ1v) is 6.19. The first kappa shape index (κ1) is 14.4. The number of carbonyl (C=O) groups is 1. The van der Waals surface area contributed by atoms with Crippen LogP contribution in [-0.4, -0.2) is 11.0 Å². The number of anilines is 2. The molecule has 0 aliphatic rings. The molecule has 0 fully saturated rings. The molecule has 0 bridgehead atoms. The van der Waals surface area contributed by atoms with E-state index in [4.69, 9.17) is 28.9 Å². The highest BCUT2D eigenvalue weighted by molar-refractivity contribution is 6.40. The number of carbonyl (C=O) groups excluding carboxylic acids is 1. The zero-order valence-electron chi connectivity index (χ0n) is 9.95. The van der Waals surface area contributed by atoms with Crippen molar-refractivity contribution in [3.63, 3.8) is 0 Å². The van der Waals surface area contributed by atoms with Crippen LogP contribution in [0, 0.1) is 5.82 Å². The van der Waals surface area contributed by atoms with Crippen molar-refractivity contribution >= 4 is 40.5 Å². The molecule has 2 aromatic carbocycles. The summed E-state index contributed by atoms with van der Waals surface area (Å²) < 4.78 is 13.0. The number of halogens is 3. The topological polar surface area (TPSA) is 75.4 Å². The lowest BCUT2D eigenvalue weighted by Gasteiger charge is -2.11. The molecule has 0 saturated carbocycles. The standard InChI is InChI=1S/C13H9Cl2FN2O2/c14-8-4-6(16)5-9(15)11(8)18-13(20)7-2-1-3-10(17)12(7)19/h1-5,19H,17H2,(H,18,20). The fourth-order valence-corrected chi connectivity index (χ4v) is 2.14. The molecule has 2 rings (SSSR count). The lowest BCUT2D eigenvalue weighted by molar-refractivity contribution is 0.102. The Morgan fingerprint density at radius 3 is 2.45 bits per heavy atom. The van der Waals surface area contributed by atoms with Gasteiger partial charge in [0.05, 0.1) is 27.0 Å². The minimum Gasteiger partial charge on any atom is -0.505 e. The first-order chi connectivity index (χ1) is 9.40. The van der Waals surface area contributed by atoms with E-state index in [0.717, 1.165) is 12.1 Å². The Morgan fingerprint density at radius 2 is 1.85 bits per heavy atom. The summed E-state index contributed by atoms with van der Waals surface area (Å²) in [7, 11) is 0. The predicted octanol–water partition coefficient (Wildman–Crippen LogP) is 3.67. The van der Waals surface area contributed by atoms with Gasteiger partial charge in [-0.2, -0.15) is 0 Å². The van der Waals surface area contributed by atoms with Crippen LogP contribution in [0.5, 0.6) is 5.75 Å². The molecule has 0 aromatic heterocycles. The number of aromatic hydroxyl groups is 1. The average molecular weight is 315 g/mol. The summed E-state index contributed by atoms with van der Waals surface area (Å²) in [5.41, 5.74) is 5.58. The molecule has 0 saturated heterocycles. The van der Waals surface area contributed by atoms with Crippen molar-refractivity contribution in [2.24, 2.45) is 0 Å². The number of nitrogens with two attached hydrogens (primary N) is 1. The van der Waals surface area contributed by atoms with Gasteiger partial charge in [-0.25, -0.2) is 4.39 Å². The summed E-state index contributed by atoms with van der Waals surface area (Å²) >= 11 is 11.6. The number of para-hydroxylation sites is 1. The second-order valence-corrected chi connectivity index (χ2v) is 4.76. The van der Waals surface area contributed by atoms with E-state index in [-0.39, 0.29) is 32.7 Å². The number of nitrogen functional groups attached to an aromatic ring is 1. The van der Waals surface area contributed by atoms with Crippen LogP contribution in [0.2, 0.25) is 10.0 Å². The van der Waals surface area contributed by atoms with Gasteiger partial charge in [0.2, 0.25) is 0 Å². The Bertz CT molecular complexity index is 669. The van der Waals surface area contributed by atoms with Crippen LogP contribution in [-0.2, 0) is 0 Å². The highest BCUT2D eigenvalue weighted by atomic mass is 35.5. The van der Waals surface area contributed by atoms with Gasteiger partial charge in [-0.3, -0.25) is 4.79 Å². The molecule has 2 aromatic rings. The fraction of sp³-hybridized carbons (Fsp3) is 0. The van der Waals surface area contributed by atoms with Gasteiger partial charge in [0.1, 0.15) is 5.82 Å². The van der Waals surface area contributed by atoms with Gasteiger partial charge in [0.15, 0.2) is 5.75 Å². The first-order valence-electron chi connectivity index (χ1n) is 5.43. The Kier molecular flexibility index (Phi) is 4.01. The molecule has 0 aliphatic carbocycles. The van der Waals surface area contributed by atoms with Crippen LogP contribution in [0.15, 0.2) is 30.3 Å². The number of amides is 1. The van der Waals surface area contributed by atoms with Crippen LogP contribution >= 0.6 is 23.2 Å². The maximum atomic E-state index is 13.0. The van der Waals surface area contributed by atoms with Gasteiger partial charge in [0.25, 0.3) is 5.91 Å². The monoisotopic (exact) mass is 314 g/mol. The van der Waals surface area contributed by atoms with Crippen molar-refractivity contribution in [2.45, 2.75) is 0 Å². The second-order valence-electron chi connectivity index (χ2n) is 3.94. The molecule has 0 unspecified atom stereocenters. The van der Waals surface area contributed by atoms with Gasteiger partial charge >= 0.3 is 0 Å². The minimum atomic E-state index is -0.662. The third-order valence-corrected chi connectivity index (χ3v) is 3.15. The van der Waals surface area contributed by atoms with Crippen LogP contribution in [0.3, 0.4) is 0 Å². The highest BCUT2D eigenvalue weighted by Gasteiger charge is 2.16. The van der Waals surface area contributed by atoms with Crippen molar-refractivity contribution in [1.29, 1.82) is 0 Å². The fourth-order valence-electron chi connectivity index (χ4n) is 1.59. The zero-order valence-corrected chi connectivity index (χ0v) is 11.5. The van der Waals surface area contributed by atoms with Gasteiger partial charge in [0, 0.05) is 0 Å². The number of rotatable bonds is 2. The lowest BCUT2D eigenvalue weighted by Crippen LogP contribution is -2.13. The van der Waals surface area contributed by atoms with Crippen LogP contribution in [0.25, 0.3) is 0 Å². The van der Waals surface area contributed by atoms with E-state index in [9.17, 15) is 14.3 Å². The molecule has 4 N–H and O–H groups in total. The maximum absolute atomic E-state index is 13.0. The third kappa shape index (κ3) is 2.79. The van der Waals surface area contributed by atoms with E-state index in [0.29, 0.717) is 0 Å². The molecule has 0 spiro atoms. The summed E-state index contributed by atoms with van der Waals surface area (Å²) in [6, 6.07) is 6.37. The molecule has 0 aliphatic heterocycles. The second kappa shape index (κ2) is 5.56. The van der Waals surface area contributed by atoms with Gasteiger partial charge in [-0.15, -0.1) is 0 Å². The summed E-state index contributed by atoms with van der Waals surface area (Å²) in [5.74, 6) is -1.63. The summed E-state index contributed by atoms with van der Waals surface area (Å²) in [6.45, 7) is 0. The number of hydrogen-bond donors (Lipinski definition) is 3. The van der Waals surface area contributed by atoms with Crippen molar-refractivity contribution in [2.75, 3.05) is 11.1 Å². The highest BCUT2D eigenvalue weighted by Crippen LogP contribution is 2.33. The van der Waals surface area contributed by atoms with Crippen molar-refractivity contribution in [3.8, 4) is 5.75 Å². The van der Waals surface area contributed by atoms with Crippen LogP contribution in [0.1, 0.15) is 10.4 Å². The SMILES string of the molecule is Nc1cccc(C(=O)Nc2c(Cl)cc(F)cc2Cl)c1O. The predicted molar refractivity (Wildman–Crippen MR) is 76.9 cm³/mol. The molecular weight excluding hydrogens is 306 g/mol. The van der Waals surface area contributed by atoms with E-state index in [1.807, 2.05) is 0 Å². The number of hydrogen-bond acceptors (Lipinski definition) is 3. The number of phenols is 1. The number of benzene rings is 2. The third-order valence-electron chi connectivity index (χ3n) is 2.56. The molecule has 7 heteroatoms. The van der Waals surface area contributed by atoms with Crippen molar-refractivity contribution < 1.29 is 14.3 Å². The van der Waals surface area contributed by atoms with Crippen LogP contribution < -0.4 is 11.1 Å². The van der Waals surface area contributed by atoms with E-state index in [1.165, 1.54) is 18.2 Å². The Labute approximate surface area is 123 Å². The number of phenolic OH excluding ortho intramolecular Hbond substituents is 1. The molecular formula is C13H9Cl2FN2O2. The minimum absolute atomic E-state index is 0.0403. The lowest BCUT2D eigenvalue weighted by atomic mass is 10.1. The van der Waals surface area contributed by atoms with Gasteiger partial charge < -0.3 is 16.2 Å². The molecule has 1 amide bonds. The number of nitrogens with one attached hydrogen (secondary N) is 1. The van der Waals surface area contributed by atoms with Gasteiger partial charge in [-0.05, 0) is 24.3 Å². The smallest absolute Gasteiger partial charge is 0.259 e. The Balaban J connectivity index is 2.36. The molecule has 104 valence electrons. The Morgan fingerprint density at radius 1 is 1.25 bits per heavy atom. The summed E-state index contributed by atoms with van der Waals surface area (Å²) in [5, 5.41) is 12.0. The van der Waals surface area contributed by atoms with Gasteiger partial charge in [-0.1, -0.05) is 29.3 Å². The van der Waals surface area contributed by atoms with Crippen LogP contribution in [0.4, 0.5) is 15.8 Å². The Hall–Kier alpha value is -1.98. The maximum Gasteiger partial charge on any atom is 0.259 e. The largest absolute Gasteiger partial charge is 0.505 e. The van der Waals surface area contributed by atoms with Crippen molar-refractivity contribution in [1.82, 2.24) is 0 Å². The molecule has 4 nitrogen and oxygen atoms in total. The molecule has 0 radical (unpaired) electrons. The summed E-state index contributed by atoms with van der Waals surface area (Å²) in [4.78, 5) is 12.0.